The van der Waals surface area contributed by atoms with E-state index in [-0.39, 0.29) is 18.0 Å². The van der Waals surface area contributed by atoms with Crippen molar-refractivity contribution in [3.63, 3.8) is 0 Å². The lowest BCUT2D eigenvalue weighted by Gasteiger charge is -2.34. The highest BCUT2D eigenvalue weighted by molar-refractivity contribution is 5.76. The molecule has 8 nitrogen and oxygen atoms in total. The number of piperazine rings is 1. The standard InChI is InChI=1S/C25H26N6O2.ClH/c1-33-23-10-9-21-24(27-23)30-12-4-8-22(30)25(32)31(21)13-5-11-28-14-16-29(17-15-28)20-7-3-2-6-19(20)18-26;/h2-4,6-10,12H,5,11,13-17H2,1H3;1H. The van der Waals surface area contributed by atoms with Crippen molar-refractivity contribution in [1.29, 1.82) is 5.26 Å². The van der Waals surface area contributed by atoms with E-state index in [9.17, 15) is 10.1 Å². The molecule has 4 heterocycles. The molecule has 0 saturated carbocycles. The van der Waals surface area contributed by atoms with Crippen LogP contribution in [0.1, 0.15) is 12.0 Å². The van der Waals surface area contributed by atoms with Crippen LogP contribution < -0.4 is 32.5 Å². The van der Waals surface area contributed by atoms with Gasteiger partial charge in [-0.3, -0.25) is 9.20 Å². The fourth-order valence-corrected chi connectivity index (χ4v) is 4.78. The summed E-state index contributed by atoms with van der Waals surface area (Å²) in [5.74, 6) is 0.531. The summed E-state index contributed by atoms with van der Waals surface area (Å²) in [5, 5.41) is 9.38. The molecule has 1 N–H and O–H groups in total. The van der Waals surface area contributed by atoms with Crippen LogP contribution in [0.5, 0.6) is 5.88 Å². The van der Waals surface area contributed by atoms with Crippen molar-refractivity contribution < 1.29 is 22.0 Å². The Morgan fingerprint density at radius 2 is 1.88 bits per heavy atom. The average Bonchev–Trinajstić information content (AvgIpc) is 3.37. The van der Waals surface area contributed by atoms with Gasteiger partial charge in [0.05, 0.1) is 56.6 Å². The van der Waals surface area contributed by atoms with Gasteiger partial charge in [0, 0.05) is 25.2 Å². The zero-order chi connectivity index (χ0) is 22.8. The second kappa shape index (κ2) is 10.2. The molecule has 1 saturated heterocycles. The molecule has 0 atom stereocenters. The molecule has 1 aromatic carbocycles. The van der Waals surface area contributed by atoms with E-state index in [1.54, 1.807) is 13.2 Å². The van der Waals surface area contributed by atoms with Gasteiger partial charge in [0.2, 0.25) is 5.88 Å². The molecule has 0 radical (unpaired) electrons. The largest absolute Gasteiger partial charge is 1.00 e. The second-order valence-electron chi connectivity index (χ2n) is 8.39. The van der Waals surface area contributed by atoms with Gasteiger partial charge in [0.1, 0.15) is 11.6 Å². The lowest BCUT2D eigenvalue weighted by atomic mass is 10.1. The van der Waals surface area contributed by atoms with E-state index >= 15 is 0 Å². The SMILES string of the molecule is COc1ccc2c(n1)n1cccc1c(=O)n2CCC[NH+]1CCN(c2ccccc2C#N)CC1.[Cl-]. The molecule has 1 aliphatic heterocycles. The molecule has 4 aromatic rings. The van der Waals surface area contributed by atoms with E-state index < -0.39 is 0 Å². The summed E-state index contributed by atoms with van der Waals surface area (Å²) >= 11 is 0. The summed E-state index contributed by atoms with van der Waals surface area (Å²) in [6.45, 7) is 5.54. The third-order valence-electron chi connectivity index (χ3n) is 6.52. The number of anilines is 1. The van der Waals surface area contributed by atoms with Gasteiger partial charge in [-0.1, -0.05) is 12.1 Å². The first kappa shape index (κ1) is 23.6. The zero-order valence-corrected chi connectivity index (χ0v) is 19.8. The first-order chi connectivity index (χ1) is 16.2. The normalized spacial score (nSPS) is 14.2. The molecular weight excluding hydrogens is 452 g/mol. The number of aromatic nitrogens is 3. The molecule has 0 spiro atoms. The molecule has 9 heteroatoms. The Hall–Kier alpha value is -3.54. The minimum absolute atomic E-state index is 0. The predicted molar refractivity (Wildman–Crippen MR) is 127 cm³/mol. The van der Waals surface area contributed by atoms with E-state index in [0.717, 1.165) is 61.6 Å². The van der Waals surface area contributed by atoms with Gasteiger partial charge in [-0.15, -0.1) is 0 Å². The first-order valence-corrected chi connectivity index (χ1v) is 11.3. The fourth-order valence-electron chi connectivity index (χ4n) is 4.78. The van der Waals surface area contributed by atoms with Crippen molar-refractivity contribution >= 4 is 22.4 Å². The van der Waals surface area contributed by atoms with Gasteiger partial charge in [-0.25, -0.2) is 0 Å². The van der Waals surface area contributed by atoms with Gasteiger partial charge < -0.3 is 31.5 Å². The number of hydrogen-bond donors (Lipinski definition) is 1. The predicted octanol–water partition coefficient (Wildman–Crippen LogP) is -1.67. The van der Waals surface area contributed by atoms with Crippen LogP contribution >= 0.6 is 0 Å². The van der Waals surface area contributed by atoms with Crippen molar-refractivity contribution in [3.8, 4) is 11.9 Å². The molecule has 3 aromatic heterocycles. The quantitative estimate of drug-likeness (QED) is 0.358. The Morgan fingerprint density at radius 3 is 2.65 bits per heavy atom. The van der Waals surface area contributed by atoms with E-state index in [1.807, 2.05) is 57.6 Å². The Kier molecular flexibility index (Phi) is 7.06. The van der Waals surface area contributed by atoms with Crippen LogP contribution in [0.15, 0.2) is 59.5 Å². The van der Waals surface area contributed by atoms with Crippen molar-refractivity contribution in [3.05, 3.63) is 70.6 Å². The monoisotopic (exact) mass is 478 g/mol. The van der Waals surface area contributed by atoms with Crippen LogP contribution in [0.4, 0.5) is 5.69 Å². The van der Waals surface area contributed by atoms with E-state index in [0.29, 0.717) is 17.9 Å². The van der Waals surface area contributed by atoms with Gasteiger partial charge >= 0.3 is 0 Å². The number of rotatable bonds is 6. The lowest BCUT2D eigenvalue weighted by molar-refractivity contribution is -0.900. The Bertz CT molecular complexity index is 1400. The third-order valence-corrected chi connectivity index (χ3v) is 6.52. The molecule has 5 rings (SSSR count). The van der Waals surface area contributed by atoms with E-state index in [4.69, 9.17) is 4.74 Å². The summed E-state index contributed by atoms with van der Waals surface area (Å²) in [7, 11) is 1.60. The van der Waals surface area contributed by atoms with Crippen LogP contribution in [-0.4, -0.2) is 53.8 Å². The number of fused-ring (bicyclic) bond motifs is 3. The highest BCUT2D eigenvalue weighted by atomic mass is 35.5. The molecule has 1 fully saturated rings. The maximum absolute atomic E-state index is 13.1. The number of hydrogen-bond acceptors (Lipinski definition) is 5. The summed E-state index contributed by atoms with van der Waals surface area (Å²) in [4.78, 5) is 21.6. The number of quaternary nitrogens is 1. The molecule has 0 unspecified atom stereocenters. The van der Waals surface area contributed by atoms with Crippen molar-refractivity contribution in [2.24, 2.45) is 0 Å². The molecule has 0 aliphatic carbocycles. The van der Waals surface area contributed by atoms with Gasteiger partial charge in [-0.2, -0.15) is 10.2 Å². The third kappa shape index (κ3) is 4.32. The molecule has 34 heavy (non-hydrogen) atoms. The number of pyridine rings is 1. The molecule has 0 amide bonds. The Labute approximate surface area is 204 Å². The Morgan fingerprint density at radius 1 is 1.09 bits per heavy atom. The second-order valence-corrected chi connectivity index (χ2v) is 8.39. The zero-order valence-electron chi connectivity index (χ0n) is 19.1. The number of ether oxygens (including phenoxy) is 1. The summed E-state index contributed by atoms with van der Waals surface area (Å²) in [5.41, 5.74) is 3.94. The van der Waals surface area contributed by atoms with Gasteiger partial charge in [0.15, 0.2) is 5.65 Å². The number of aryl methyl sites for hydroxylation is 1. The Balaban J connectivity index is 0.00000274. The van der Waals surface area contributed by atoms with Crippen LogP contribution in [0.25, 0.3) is 16.7 Å². The lowest BCUT2D eigenvalue weighted by Crippen LogP contribution is -3.14. The summed E-state index contributed by atoms with van der Waals surface area (Å²) < 4.78 is 8.97. The minimum atomic E-state index is 0. The summed E-state index contributed by atoms with van der Waals surface area (Å²) in [6.07, 6.45) is 2.77. The highest BCUT2D eigenvalue weighted by Crippen LogP contribution is 2.19. The number of nitrogens with zero attached hydrogens (tertiary/aromatic N) is 5. The van der Waals surface area contributed by atoms with E-state index in [2.05, 4.69) is 16.0 Å². The number of nitrogens with one attached hydrogen (secondary N) is 1. The van der Waals surface area contributed by atoms with E-state index in [1.165, 1.54) is 4.90 Å². The number of para-hydroxylation sites is 1. The minimum Gasteiger partial charge on any atom is -1.00 e. The number of benzene rings is 1. The molecule has 0 bridgehead atoms. The van der Waals surface area contributed by atoms with Crippen LogP contribution in [0, 0.1) is 11.3 Å². The molecule has 176 valence electrons. The number of methoxy groups -OCH3 is 1. The van der Waals surface area contributed by atoms with Crippen molar-refractivity contribution in [2.75, 3.05) is 44.7 Å². The fraction of sp³-hybridized carbons (Fsp3) is 0.320. The van der Waals surface area contributed by atoms with Crippen molar-refractivity contribution in [2.45, 2.75) is 13.0 Å². The topological polar surface area (TPSA) is 80.0 Å². The first-order valence-electron chi connectivity index (χ1n) is 11.3. The molecule has 1 aliphatic rings. The van der Waals surface area contributed by atoms with Gasteiger partial charge in [0.25, 0.3) is 5.56 Å². The summed E-state index contributed by atoms with van der Waals surface area (Å²) in [6, 6.07) is 17.5. The maximum Gasteiger partial charge on any atom is 0.275 e. The molecular formula is C25H27ClN6O2. The number of nitriles is 1. The average molecular weight is 479 g/mol. The van der Waals surface area contributed by atoms with Crippen LogP contribution in [0.2, 0.25) is 0 Å². The van der Waals surface area contributed by atoms with Crippen LogP contribution in [-0.2, 0) is 6.54 Å². The van der Waals surface area contributed by atoms with Gasteiger partial charge in [-0.05, 0) is 30.3 Å². The highest BCUT2D eigenvalue weighted by Gasteiger charge is 2.22. The number of halogens is 1. The maximum atomic E-state index is 13.1. The van der Waals surface area contributed by atoms with Crippen LogP contribution in [0.3, 0.4) is 0 Å². The van der Waals surface area contributed by atoms with Crippen molar-refractivity contribution in [1.82, 2.24) is 14.0 Å². The smallest absolute Gasteiger partial charge is 0.275 e.